The predicted molar refractivity (Wildman–Crippen MR) is 63.5 cm³/mol. The Balaban J connectivity index is 1.96. The van der Waals surface area contributed by atoms with E-state index in [9.17, 15) is 0 Å². The van der Waals surface area contributed by atoms with E-state index in [2.05, 4.69) is 15.5 Å². The zero-order valence-corrected chi connectivity index (χ0v) is 8.70. The topological polar surface area (TPSA) is 40.2 Å². The van der Waals surface area contributed by atoms with Gasteiger partial charge in [-0.25, -0.2) is 0 Å². The Hall–Kier alpha value is -1.74. The summed E-state index contributed by atoms with van der Waals surface area (Å²) in [6.07, 6.45) is 3.57. The molecule has 0 fully saturated rings. The summed E-state index contributed by atoms with van der Waals surface area (Å²) >= 11 is 5.76. The number of benzene rings is 1. The van der Waals surface area contributed by atoms with Gasteiger partial charge in [-0.2, -0.15) is 5.10 Å². The molecule has 0 radical (unpaired) electrons. The zero-order valence-electron chi connectivity index (χ0n) is 7.94. The molecule has 0 amide bonds. The fourth-order valence-electron chi connectivity index (χ4n) is 1.13. The molecule has 0 spiro atoms. The Bertz CT molecular complexity index is 431. The van der Waals surface area contributed by atoms with Gasteiger partial charge in [-0.3, -0.25) is 5.43 Å². The highest BCUT2D eigenvalue weighted by atomic mass is 35.5. The highest BCUT2D eigenvalue weighted by Crippen LogP contribution is 2.12. The molecule has 0 saturated heterocycles. The van der Waals surface area contributed by atoms with E-state index in [1.54, 1.807) is 6.21 Å². The molecule has 0 aliphatic heterocycles. The summed E-state index contributed by atoms with van der Waals surface area (Å²) in [5, 5.41) is 4.78. The molecule has 0 unspecified atom stereocenters. The molecule has 0 aliphatic carbocycles. The average molecular weight is 220 g/mol. The minimum atomic E-state index is 0.717. The number of halogens is 1. The Morgan fingerprint density at radius 1 is 1.20 bits per heavy atom. The Labute approximate surface area is 92.8 Å². The van der Waals surface area contributed by atoms with E-state index in [1.807, 2.05) is 42.6 Å². The molecule has 2 N–H and O–H groups in total. The summed E-state index contributed by atoms with van der Waals surface area (Å²) in [6.45, 7) is 0. The first-order chi connectivity index (χ1) is 7.34. The van der Waals surface area contributed by atoms with Crippen LogP contribution in [0.25, 0.3) is 0 Å². The van der Waals surface area contributed by atoms with Crippen LogP contribution in [-0.4, -0.2) is 11.2 Å². The van der Waals surface area contributed by atoms with Crippen LogP contribution in [0.15, 0.2) is 47.7 Å². The van der Waals surface area contributed by atoms with Crippen molar-refractivity contribution in [2.75, 3.05) is 5.43 Å². The van der Waals surface area contributed by atoms with Crippen molar-refractivity contribution >= 4 is 23.5 Å². The van der Waals surface area contributed by atoms with Crippen LogP contribution < -0.4 is 5.43 Å². The highest BCUT2D eigenvalue weighted by molar-refractivity contribution is 6.30. The fourth-order valence-corrected chi connectivity index (χ4v) is 1.25. The van der Waals surface area contributed by atoms with Crippen molar-refractivity contribution in [3.8, 4) is 0 Å². The van der Waals surface area contributed by atoms with E-state index in [0.717, 1.165) is 11.4 Å². The van der Waals surface area contributed by atoms with Gasteiger partial charge in [0.05, 0.1) is 17.6 Å². The lowest BCUT2D eigenvalue weighted by Gasteiger charge is -1.98. The van der Waals surface area contributed by atoms with Crippen molar-refractivity contribution in [3.63, 3.8) is 0 Å². The molecule has 0 saturated carbocycles. The number of hydrogen-bond acceptors (Lipinski definition) is 2. The van der Waals surface area contributed by atoms with Gasteiger partial charge in [-0.1, -0.05) is 11.6 Å². The second-order valence-corrected chi connectivity index (χ2v) is 3.44. The van der Waals surface area contributed by atoms with Gasteiger partial charge in [0.15, 0.2) is 0 Å². The minimum absolute atomic E-state index is 0.717. The predicted octanol–water partition coefficient (Wildman–Crippen LogP) is 3.11. The number of anilines is 1. The molecule has 0 bridgehead atoms. The van der Waals surface area contributed by atoms with Crippen LogP contribution in [0.1, 0.15) is 5.69 Å². The molecule has 4 heteroatoms. The molecule has 1 aromatic heterocycles. The molecule has 1 heterocycles. The molecule has 0 aliphatic rings. The molecule has 0 atom stereocenters. The van der Waals surface area contributed by atoms with Gasteiger partial charge in [0.25, 0.3) is 0 Å². The van der Waals surface area contributed by atoms with Gasteiger partial charge >= 0.3 is 0 Å². The number of nitrogens with one attached hydrogen (secondary N) is 2. The number of nitrogens with zero attached hydrogens (tertiary/aromatic N) is 1. The van der Waals surface area contributed by atoms with Crippen LogP contribution >= 0.6 is 11.6 Å². The lowest BCUT2D eigenvalue weighted by molar-refractivity contribution is 1.32. The molecular formula is C11H10ClN3. The van der Waals surface area contributed by atoms with Crippen LogP contribution in [0, 0.1) is 0 Å². The van der Waals surface area contributed by atoms with Gasteiger partial charge < -0.3 is 4.98 Å². The summed E-state index contributed by atoms with van der Waals surface area (Å²) in [5.74, 6) is 0. The van der Waals surface area contributed by atoms with Gasteiger partial charge in [0.2, 0.25) is 0 Å². The first kappa shape index (κ1) is 9.80. The van der Waals surface area contributed by atoms with E-state index in [0.29, 0.717) is 5.02 Å². The first-order valence-corrected chi connectivity index (χ1v) is 4.90. The number of hydrogen-bond donors (Lipinski definition) is 2. The third kappa shape index (κ3) is 2.86. The van der Waals surface area contributed by atoms with Crippen molar-refractivity contribution in [2.45, 2.75) is 0 Å². The average Bonchev–Trinajstić information content (AvgIpc) is 2.74. The number of H-pyrrole nitrogens is 1. The SMILES string of the molecule is Clc1ccc(NN=Cc2ccc[nH]2)cc1. The van der Waals surface area contributed by atoms with Crippen LogP contribution in [0.5, 0.6) is 0 Å². The lowest BCUT2D eigenvalue weighted by Crippen LogP contribution is -1.89. The van der Waals surface area contributed by atoms with E-state index in [1.165, 1.54) is 0 Å². The summed E-state index contributed by atoms with van der Waals surface area (Å²) < 4.78 is 0. The number of hydrazone groups is 1. The first-order valence-electron chi connectivity index (χ1n) is 4.52. The number of rotatable bonds is 3. The summed E-state index contributed by atoms with van der Waals surface area (Å²) in [7, 11) is 0. The van der Waals surface area contributed by atoms with E-state index < -0.39 is 0 Å². The monoisotopic (exact) mass is 219 g/mol. The second-order valence-electron chi connectivity index (χ2n) is 3.00. The third-order valence-corrected chi connectivity index (χ3v) is 2.12. The van der Waals surface area contributed by atoms with Gasteiger partial charge in [0, 0.05) is 11.2 Å². The van der Waals surface area contributed by atoms with E-state index >= 15 is 0 Å². The normalized spacial score (nSPS) is 10.7. The van der Waals surface area contributed by atoms with Crippen molar-refractivity contribution < 1.29 is 0 Å². The van der Waals surface area contributed by atoms with Crippen LogP contribution in [0.4, 0.5) is 5.69 Å². The molecule has 3 nitrogen and oxygen atoms in total. The van der Waals surface area contributed by atoms with E-state index in [4.69, 9.17) is 11.6 Å². The third-order valence-electron chi connectivity index (χ3n) is 1.86. The highest BCUT2D eigenvalue weighted by Gasteiger charge is 1.89. The summed E-state index contributed by atoms with van der Waals surface area (Å²) in [5.41, 5.74) is 4.76. The Kier molecular flexibility index (Phi) is 3.05. The largest absolute Gasteiger partial charge is 0.360 e. The number of aromatic nitrogens is 1. The minimum Gasteiger partial charge on any atom is -0.360 e. The van der Waals surface area contributed by atoms with Crippen LogP contribution in [0.3, 0.4) is 0 Å². The molecule has 76 valence electrons. The van der Waals surface area contributed by atoms with Crippen molar-refractivity contribution in [1.82, 2.24) is 4.98 Å². The molecular weight excluding hydrogens is 210 g/mol. The number of aromatic amines is 1. The van der Waals surface area contributed by atoms with Gasteiger partial charge in [-0.05, 0) is 36.4 Å². The fraction of sp³-hybridized carbons (Fsp3) is 0. The molecule has 15 heavy (non-hydrogen) atoms. The quantitative estimate of drug-likeness (QED) is 0.604. The van der Waals surface area contributed by atoms with Crippen LogP contribution in [-0.2, 0) is 0 Å². The Morgan fingerprint density at radius 3 is 2.67 bits per heavy atom. The maximum absolute atomic E-state index is 5.76. The maximum atomic E-state index is 5.76. The lowest BCUT2D eigenvalue weighted by atomic mass is 10.3. The molecule has 1 aromatic carbocycles. The summed E-state index contributed by atoms with van der Waals surface area (Å²) in [6, 6.07) is 11.2. The second kappa shape index (κ2) is 4.66. The molecule has 2 rings (SSSR count). The van der Waals surface area contributed by atoms with Gasteiger partial charge in [-0.15, -0.1) is 0 Å². The van der Waals surface area contributed by atoms with Gasteiger partial charge in [0.1, 0.15) is 0 Å². The van der Waals surface area contributed by atoms with Crippen LogP contribution in [0.2, 0.25) is 5.02 Å². The smallest absolute Gasteiger partial charge is 0.0707 e. The zero-order chi connectivity index (χ0) is 10.5. The molecule has 2 aromatic rings. The summed E-state index contributed by atoms with van der Waals surface area (Å²) in [4.78, 5) is 3.02. The maximum Gasteiger partial charge on any atom is 0.0707 e. The standard InChI is InChI=1S/C11H10ClN3/c12-9-3-5-10(6-4-9)15-14-8-11-2-1-7-13-11/h1-8,13,15H. The van der Waals surface area contributed by atoms with Crippen molar-refractivity contribution in [2.24, 2.45) is 5.10 Å². The van der Waals surface area contributed by atoms with E-state index in [-0.39, 0.29) is 0 Å². The van der Waals surface area contributed by atoms with Crippen molar-refractivity contribution in [3.05, 3.63) is 53.3 Å². The van der Waals surface area contributed by atoms with Crippen molar-refractivity contribution in [1.29, 1.82) is 0 Å². The Morgan fingerprint density at radius 2 is 2.00 bits per heavy atom.